The molecular weight excluding hydrogens is 415 g/mol. The van der Waals surface area contributed by atoms with E-state index in [4.69, 9.17) is 0 Å². The maximum atomic E-state index is 3.79. The molecule has 0 fully saturated rings. The van der Waals surface area contributed by atoms with E-state index in [2.05, 4.69) is 58.7 Å². The minimum atomic E-state index is -1.17. The van der Waals surface area contributed by atoms with Gasteiger partial charge in [0.1, 0.15) is 0 Å². The molecule has 0 saturated heterocycles. The Bertz CT molecular complexity index is 215. The monoisotopic (exact) mass is 445 g/mol. The molecule has 0 amide bonds. The van der Waals surface area contributed by atoms with Gasteiger partial charge in [-0.3, -0.25) is 6.08 Å². The summed E-state index contributed by atoms with van der Waals surface area (Å²) in [5.74, 6) is 0. The molecule has 1 rings (SSSR count). The smallest absolute Gasteiger partial charge is 0.346 e. The normalized spacial score (nSPS) is 11.2. The fraction of sp³-hybridized carbons (Fsp3) is 0.438. The van der Waals surface area contributed by atoms with E-state index in [1.165, 1.54) is 11.2 Å². The third kappa shape index (κ3) is 12.6. The van der Waals surface area contributed by atoms with Crippen LogP contribution in [-0.4, -0.2) is 8.07 Å². The Balaban J connectivity index is -0.000000123. The molecule has 108 valence electrons. The van der Waals surface area contributed by atoms with E-state index in [0.29, 0.717) is 0 Å². The first kappa shape index (κ1) is 26.6. The molecule has 18 heavy (non-hydrogen) atoms. The Morgan fingerprint density at radius 3 is 1.94 bits per heavy atom. The third-order valence-corrected chi connectivity index (χ3v) is 5.19. The van der Waals surface area contributed by atoms with E-state index in [1.54, 1.807) is 20.8 Å². The van der Waals surface area contributed by atoms with Crippen LogP contribution in [0.4, 0.5) is 0 Å². The molecule has 0 aliphatic heterocycles. The van der Waals surface area contributed by atoms with Crippen LogP contribution < -0.4 is 0 Å². The summed E-state index contributed by atoms with van der Waals surface area (Å²) in [5.41, 5.74) is 0. The zero-order valence-corrected chi connectivity index (χ0v) is 16.1. The van der Waals surface area contributed by atoms with Crippen LogP contribution in [0, 0.1) is 26.8 Å². The molecule has 1 aliphatic carbocycles. The second-order valence-corrected chi connectivity index (χ2v) is 8.29. The molecule has 0 radical (unpaired) electrons. The molecule has 0 aromatic rings. The topological polar surface area (TPSA) is 0 Å². The maximum Gasteiger partial charge on any atom is 4.00 e. The van der Waals surface area contributed by atoms with Gasteiger partial charge in [0.25, 0.3) is 0 Å². The Hall–Kier alpha value is 0.125. The van der Waals surface area contributed by atoms with Crippen molar-refractivity contribution in [3.05, 3.63) is 56.9 Å². The molecule has 0 saturated carbocycles. The molecule has 0 heterocycles. The average molecular weight is 446 g/mol. The minimum absolute atomic E-state index is 0. The molecule has 0 atom stereocenters. The van der Waals surface area contributed by atoms with Crippen molar-refractivity contribution in [2.24, 2.45) is 0 Å². The summed E-state index contributed by atoms with van der Waals surface area (Å²) in [6.45, 7) is 23.5. The summed E-state index contributed by atoms with van der Waals surface area (Å²) in [4.78, 5) is 0. The summed E-state index contributed by atoms with van der Waals surface area (Å²) in [6.07, 6.45) is 10.9. The van der Waals surface area contributed by atoms with Crippen molar-refractivity contribution in [3.63, 3.8) is 0 Å². The minimum Gasteiger partial charge on any atom is -0.346 e. The van der Waals surface area contributed by atoms with E-state index in [9.17, 15) is 0 Å². The number of hydrogen-bond acceptors (Lipinski definition) is 0. The van der Waals surface area contributed by atoms with Gasteiger partial charge in [0, 0.05) is 8.07 Å². The summed E-state index contributed by atoms with van der Waals surface area (Å²) in [7, 11) is -1.17. The largest absolute Gasteiger partial charge is 4.00 e. The molecule has 0 nitrogen and oxygen atoms in total. The first-order valence-electron chi connectivity index (χ1n) is 6.18. The Morgan fingerprint density at radius 2 is 1.67 bits per heavy atom. The van der Waals surface area contributed by atoms with Gasteiger partial charge in [-0.2, -0.15) is 26.8 Å². The third-order valence-electron chi connectivity index (χ3n) is 2.08. The predicted octanol–water partition coefficient (Wildman–Crippen LogP) is 5.63. The molecule has 1 aliphatic rings. The first-order valence-corrected chi connectivity index (χ1v) is 9.38. The van der Waals surface area contributed by atoms with Crippen molar-refractivity contribution >= 4 is 8.07 Å². The van der Waals surface area contributed by atoms with Crippen LogP contribution in [-0.2, 0) is 21.1 Å². The summed E-state index contributed by atoms with van der Waals surface area (Å²) in [5, 5.41) is 1.47. The molecule has 0 spiro atoms. The van der Waals surface area contributed by atoms with Crippen molar-refractivity contribution in [3.8, 4) is 0 Å². The van der Waals surface area contributed by atoms with Crippen molar-refractivity contribution < 1.29 is 21.1 Å². The quantitative estimate of drug-likeness (QED) is 0.300. The first-order chi connectivity index (χ1) is 8.17. The Labute approximate surface area is 132 Å². The van der Waals surface area contributed by atoms with Crippen LogP contribution in [0.1, 0.15) is 27.2 Å². The molecular formula is C16H30PtSi. The summed E-state index contributed by atoms with van der Waals surface area (Å²) in [6, 6.07) is 1.17. The molecule has 0 bridgehead atoms. The zero-order valence-electron chi connectivity index (χ0n) is 12.8. The van der Waals surface area contributed by atoms with Gasteiger partial charge >= 0.3 is 21.1 Å². The van der Waals surface area contributed by atoms with Gasteiger partial charge in [0.15, 0.2) is 0 Å². The second-order valence-electron chi connectivity index (χ2n) is 3.57. The fourth-order valence-electron chi connectivity index (χ4n) is 1.34. The van der Waals surface area contributed by atoms with Crippen LogP contribution in [0.5, 0.6) is 0 Å². The van der Waals surface area contributed by atoms with Gasteiger partial charge in [-0.25, -0.2) is 11.3 Å². The predicted molar refractivity (Wildman–Crippen MR) is 86.1 cm³/mol. The molecule has 0 aromatic carbocycles. The molecule has 0 N–H and O–H groups in total. The van der Waals surface area contributed by atoms with Crippen molar-refractivity contribution in [2.45, 2.75) is 46.3 Å². The fourth-order valence-corrected chi connectivity index (χ4v) is 3.43. The maximum absolute atomic E-state index is 3.79. The molecule has 0 unspecified atom stereocenters. The van der Waals surface area contributed by atoms with Crippen LogP contribution in [0.15, 0.2) is 30.0 Å². The molecule has 2 heteroatoms. The number of hydrogen-bond donors (Lipinski definition) is 0. The van der Waals surface area contributed by atoms with Crippen LogP contribution >= 0.6 is 0 Å². The Kier molecular flexibility index (Phi) is 28.8. The number of allylic oxidation sites excluding steroid dienone is 5. The van der Waals surface area contributed by atoms with Crippen molar-refractivity contribution in [1.82, 2.24) is 0 Å². The van der Waals surface area contributed by atoms with E-state index in [-0.39, 0.29) is 21.1 Å². The van der Waals surface area contributed by atoms with Gasteiger partial charge < -0.3 is 20.8 Å². The standard InChI is InChI=1S/C10H15Si.3C2H5.Pt/c1-4-9-11(2,3)10-7-5-6-8-10;3*1-2;/h4-5,7H,1,6,9H2,2-3H3;3*1H2,2H3;/q4*-1;+4. The van der Waals surface area contributed by atoms with Gasteiger partial charge in [-0.1, -0.05) is 19.2 Å². The number of rotatable bonds is 3. The van der Waals surface area contributed by atoms with E-state index >= 15 is 0 Å². The van der Waals surface area contributed by atoms with Gasteiger partial charge in [0.2, 0.25) is 0 Å². The molecule has 0 aromatic heterocycles. The van der Waals surface area contributed by atoms with Gasteiger partial charge in [-0.15, -0.1) is 13.0 Å². The van der Waals surface area contributed by atoms with Crippen LogP contribution in [0.3, 0.4) is 0 Å². The van der Waals surface area contributed by atoms with E-state index in [0.717, 1.165) is 6.42 Å². The van der Waals surface area contributed by atoms with Crippen molar-refractivity contribution in [1.29, 1.82) is 0 Å². The average Bonchev–Trinajstić information content (AvgIpc) is 2.91. The Morgan fingerprint density at radius 1 is 1.22 bits per heavy atom. The van der Waals surface area contributed by atoms with E-state index in [1.807, 2.05) is 6.08 Å². The van der Waals surface area contributed by atoms with Crippen LogP contribution in [0.2, 0.25) is 19.1 Å². The van der Waals surface area contributed by atoms with Gasteiger partial charge in [0.05, 0.1) is 0 Å². The van der Waals surface area contributed by atoms with Gasteiger partial charge in [-0.05, 0) is 6.04 Å². The van der Waals surface area contributed by atoms with E-state index < -0.39 is 8.07 Å². The summed E-state index contributed by atoms with van der Waals surface area (Å²) < 4.78 is 0. The zero-order chi connectivity index (χ0) is 14.3. The SMILES string of the molecule is C=CC[Si](C)(C)C1=[C-]CC=C1.[CH2-]C.[CH2-]C.[CH2-]C.[Pt+4]. The van der Waals surface area contributed by atoms with Crippen molar-refractivity contribution in [2.75, 3.05) is 0 Å². The van der Waals surface area contributed by atoms with Crippen LogP contribution in [0.25, 0.3) is 0 Å². The summed E-state index contributed by atoms with van der Waals surface area (Å²) >= 11 is 0. The second kappa shape index (κ2) is 19.5.